The predicted molar refractivity (Wildman–Crippen MR) is 105 cm³/mol. The maximum atomic E-state index is 12.1. The highest BCUT2D eigenvalue weighted by Gasteiger charge is 2.30. The smallest absolute Gasteiger partial charge is 0.336 e. The number of nitrogens with one attached hydrogen (secondary N) is 1. The maximum absolute atomic E-state index is 12.1. The number of rotatable bonds is 5. The summed E-state index contributed by atoms with van der Waals surface area (Å²) >= 11 is 0. The fraction of sp³-hybridized carbons (Fsp3) is 0.545. The summed E-state index contributed by atoms with van der Waals surface area (Å²) in [7, 11) is 0. The minimum atomic E-state index is -0.312. The summed E-state index contributed by atoms with van der Waals surface area (Å²) in [6, 6.07) is 5.76. The molecule has 5 nitrogen and oxygen atoms in total. The summed E-state index contributed by atoms with van der Waals surface area (Å²) in [5, 5.41) is 1.01. The Bertz CT molecular complexity index is 884. The molecule has 0 spiro atoms. The number of hydrogen-bond donors (Lipinski definition) is 1. The first-order valence-electron chi connectivity index (χ1n) is 9.96. The Morgan fingerprint density at radius 2 is 2.11 bits per heavy atom. The zero-order valence-corrected chi connectivity index (χ0v) is 16.8. The molecule has 2 atom stereocenters. The van der Waals surface area contributed by atoms with E-state index in [9.17, 15) is 9.59 Å². The first-order valence-corrected chi connectivity index (χ1v) is 9.96. The molecule has 146 valence electrons. The predicted octanol–water partition coefficient (Wildman–Crippen LogP) is 2.58. The van der Waals surface area contributed by atoms with E-state index in [2.05, 4.69) is 26.8 Å². The van der Waals surface area contributed by atoms with Crippen molar-refractivity contribution in [1.29, 1.82) is 0 Å². The molecule has 0 saturated carbocycles. The molecule has 0 bridgehead atoms. The van der Waals surface area contributed by atoms with Crippen LogP contribution in [0.1, 0.15) is 56.2 Å². The molecule has 0 amide bonds. The van der Waals surface area contributed by atoms with E-state index in [1.807, 2.05) is 13.0 Å². The quantitative estimate of drug-likeness (QED) is 0.647. The molecule has 0 radical (unpaired) electrons. The van der Waals surface area contributed by atoms with E-state index in [-0.39, 0.29) is 17.5 Å². The first kappa shape index (κ1) is 19.6. The molecular formula is C22H30NO4+. The molecule has 3 rings (SSSR count). The molecule has 0 aliphatic carbocycles. The lowest BCUT2D eigenvalue weighted by Crippen LogP contribution is -3.12. The van der Waals surface area contributed by atoms with Crippen LogP contribution in [-0.4, -0.2) is 25.7 Å². The fourth-order valence-electron chi connectivity index (χ4n) is 4.20. The van der Waals surface area contributed by atoms with Crippen LogP contribution in [0.2, 0.25) is 0 Å². The van der Waals surface area contributed by atoms with Crippen LogP contribution in [0.5, 0.6) is 0 Å². The highest BCUT2D eigenvalue weighted by atomic mass is 16.5. The summed E-state index contributed by atoms with van der Waals surface area (Å²) in [4.78, 5) is 25.5. The molecule has 1 aliphatic heterocycles. The van der Waals surface area contributed by atoms with E-state index in [0.717, 1.165) is 49.0 Å². The standard InChI is InChI=1S/C22H29NO4/c1-5-26-22(25)16-7-6-8-23(12-16)13-17-10-21(24)27-20-9-15(4)18(14(2)3)11-19(17)20/h9-11,14,16H,5-8,12-13H2,1-4H3/p+1/t16-/m1/s1. The number of carbonyl (C=O) groups excluding carboxylic acids is 1. The van der Waals surface area contributed by atoms with E-state index in [0.29, 0.717) is 18.1 Å². The maximum Gasteiger partial charge on any atom is 0.336 e. The van der Waals surface area contributed by atoms with Crippen molar-refractivity contribution < 1.29 is 18.8 Å². The molecule has 1 unspecified atom stereocenters. The van der Waals surface area contributed by atoms with E-state index in [4.69, 9.17) is 9.15 Å². The van der Waals surface area contributed by atoms with Crippen molar-refractivity contribution >= 4 is 16.9 Å². The largest absolute Gasteiger partial charge is 0.466 e. The van der Waals surface area contributed by atoms with Gasteiger partial charge in [0.1, 0.15) is 18.0 Å². The molecule has 1 N–H and O–H groups in total. The van der Waals surface area contributed by atoms with E-state index in [1.165, 1.54) is 10.5 Å². The molecule has 1 saturated heterocycles. The number of aryl methyl sites for hydroxylation is 1. The fourth-order valence-corrected chi connectivity index (χ4v) is 4.20. The van der Waals surface area contributed by atoms with Crippen molar-refractivity contribution in [3.63, 3.8) is 0 Å². The topological polar surface area (TPSA) is 61.0 Å². The number of carbonyl (C=O) groups is 1. The Morgan fingerprint density at radius 1 is 1.33 bits per heavy atom. The molecule has 5 heteroatoms. The monoisotopic (exact) mass is 372 g/mol. The van der Waals surface area contributed by atoms with Gasteiger partial charge in [-0.15, -0.1) is 0 Å². The minimum absolute atomic E-state index is 0.0476. The van der Waals surface area contributed by atoms with Crippen LogP contribution in [0.4, 0.5) is 0 Å². The summed E-state index contributed by atoms with van der Waals surface area (Å²) in [5.74, 6) is 0.267. The van der Waals surface area contributed by atoms with Gasteiger partial charge in [0.05, 0.1) is 19.7 Å². The number of fused-ring (bicyclic) bond motifs is 1. The van der Waals surface area contributed by atoms with Gasteiger partial charge in [-0.05, 0) is 55.9 Å². The zero-order chi connectivity index (χ0) is 19.6. The number of piperidine rings is 1. The normalized spacial score (nSPS) is 20.2. The van der Waals surface area contributed by atoms with Crippen molar-refractivity contribution in [2.24, 2.45) is 5.92 Å². The number of hydrogen-bond acceptors (Lipinski definition) is 4. The summed E-state index contributed by atoms with van der Waals surface area (Å²) in [6.07, 6.45) is 1.88. The van der Waals surface area contributed by atoms with Crippen LogP contribution in [0.3, 0.4) is 0 Å². The van der Waals surface area contributed by atoms with Crippen molar-refractivity contribution in [2.45, 2.75) is 53.0 Å². The number of quaternary nitrogens is 1. The van der Waals surface area contributed by atoms with Crippen molar-refractivity contribution in [3.8, 4) is 0 Å². The van der Waals surface area contributed by atoms with Gasteiger partial charge in [-0.3, -0.25) is 4.79 Å². The second-order valence-electron chi connectivity index (χ2n) is 7.92. The van der Waals surface area contributed by atoms with E-state index in [1.54, 1.807) is 6.07 Å². The molecule has 1 fully saturated rings. The number of benzene rings is 1. The van der Waals surface area contributed by atoms with Crippen LogP contribution in [0.25, 0.3) is 11.0 Å². The summed E-state index contributed by atoms with van der Waals surface area (Å²) < 4.78 is 10.7. The Kier molecular flexibility index (Phi) is 6.00. The third-order valence-corrected chi connectivity index (χ3v) is 5.52. The Labute approximate surface area is 160 Å². The second kappa shape index (κ2) is 8.26. The lowest BCUT2D eigenvalue weighted by atomic mass is 9.94. The highest BCUT2D eigenvalue weighted by molar-refractivity contribution is 5.82. The Balaban J connectivity index is 1.90. The molecule has 1 aromatic heterocycles. The number of likely N-dealkylation sites (tertiary alicyclic amines) is 1. The van der Waals surface area contributed by atoms with Gasteiger partial charge in [0.15, 0.2) is 0 Å². The van der Waals surface area contributed by atoms with Crippen molar-refractivity contribution in [3.05, 3.63) is 45.3 Å². The summed E-state index contributed by atoms with van der Waals surface area (Å²) in [5.41, 5.74) is 3.76. The molecular weight excluding hydrogens is 342 g/mol. The van der Waals surface area contributed by atoms with Gasteiger partial charge in [-0.1, -0.05) is 13.8 Å². The molecule has 2 aromatic rings. The molecule has 27 heavy (non-hydrogen) atoms. The van der Waals surface area contributed by atoms with E-state index >= 15 is 0 Å². The highest BCUT2D eigenvalue weighted by Crippen LogP contribution is 2.26. The van der Waals surface area contributed by atoms with Gasteiger partial charge in [-0.2, -0.15) is 0 Å². The van der Waals surface area contributed by atoms with Crippen molar-refractivity contribution in [1.82, 2.24) is 0 Å². The van der Waals surface area contributed by atoms with Crippen LogP contribution < -0.4 is 10.5 Å². The number of esters is 1. The van der Waals surface area contributed by atoms with E-state index < -0.39 is 0 Å². The lowest BCUT2D eigenvalue weighted by molar-refractivity contribution is -0.921. The summed E-state index contributed by atoms with van der Waals surface area (Å²) in [6.45, 7) is 11.1. The minimum Gasteiger partial charge on any atom is -0.466 e. The van der Waals surface area contributed by atoms with Gasteiger partial charge in [0, 0.05) is 17.0 Å². The molecule has 2 heterocycles. The Morgan fingerprint density at radius 3 is 2.81 bits per heavy atom. The van der Waals surface area contributed by atoms with Crippen LogP contribution in [0, 0.1) is 12.8 Å². The lowest BCUT2D eigenvalue weighted by Gasteiger charge is -2.29. The van der Waals surface area contributed by atoms with Gasteiger partial charge < -0.3 is 14.1 Å². The number of ether oxygens (including phenoxy) is 1. The zero-order valence-electron chi connectivity index (χ0n) is 16.8. The molecule has 1 aliphatic rings. The van der Waals surface area contributed by atoms with Gasteiger partial charge in [0.2, 0.25) is 0 Å². The molecule has 1 aromatic carbocycles. The first-order chi connectivity index (χ1) is 12.9. The second-order valence-corrected chi connectivity index (χ2v) is 7.92. The van der Waals surface area contributed by atoms with Gasteiger partial charge >= 0.3 is 11.6 Å². The SMILES string of the molecule is CCOC(=O)[C@@H]1CCC[NH+](Cc2cc(=O)oc3cc(C)c(C(C)C)cc23)C1. The van der Waals surface area contributed by atoms with Crippen molar-refractivity contribution in [2.75, 3.05) is 19.7 Å². The van der Waals surface area contributed by atoms with Gasteiger partial charge in [0.25, 0.3) is 0 Å². The van der Waals surface area contributed by atoms with Gasteiger partial charge in [-0.25, -0.2) is 4.79 Å². The van der Waals surface area contributed by atoms with Crippen LogP contribution in [-0.2, 0) is 16.1 Å². The average molecular weight is 372 g/mol. The van der Waals surface area contributed by atoms with Crippen LogP contribution >= 0.6 is 0 Å². The third-order valence-electron chi connectivity index (χ3n) is 5.52. The van der Waals surface area contributed by atoms with Crippen LogP contribution in [0.15, 0.2) is 27.4 Å². The Hall–Kier alpha value is -2.14. The average Bonchev–Trinajstić information content (AvgIpc) is 2.61. The third kappa shape index (κ3) is 4.41.